The van der Waals surface area contributed by atoms with Crippen LogP contribution in [0.3, 0.4) is 0 Å². The van der Waals surface area contributed by atoms with Gasteiger partial charge in [-0.25, -0.2) is 0 Å². The van der Waals surface area contributed by atoms with E-state index >= 15 is 0 Å². The van der Waals surface area contributed by atoms with Crippen molar-refractivity contribution in [3.8, 4) is 5.75 Å². The molecular weight excluding hydrogens is 384 g/mol. The Hall–Kier alpha value is -2.04. The van der Waals surface area contributed by atoms with Crippen LogP contribution in [-0.4, -0.2) is 38.1 Å². The maximum absolute atomic E-state index is 12.3. The lowest BCUT2D eigenvalue weighted by Crippen LogP contribution is -2.37. The molecule has 2 aromatic rings. The number of hydrogen-bond acceptors (Lipinski definition) is 3. The highest BCUT2D eigenvalue weighted by molar-refractivity contribution is 5.85. The molecule has 1 unspecified atom stereocenters. The highest BCUT2D eigenvalue weighted by atomic mass is 35.5. The Morgan fingerprint density at radius 2 is 1.69 bits per heavy atom. The summed E-state index contributed by atoms with van der Waals surface area (Å²) in [7, 11) is 4.06. The first-order chi connectivity index (χ1) is 13.1. The predicted octanol–water partition coefficient (Wildman–Crippen LogP) is 4.82. The van der Waals surface area contributed by atoms with Crippen LogP contribution in [0.4, 0.5) is 0 Å². The number of aryl methyl sites for hydroxylation is 1. The number of nitrogens with zero attached hydrogens (tertiary/aromatic N) is 1. The van der Waals surface area contributed by atoms with Crippen molar-refractivity contribution in [2.75, 3.05) is 27.2 Å². The van der Waals surface area contributed by atoms with Gasteiger partial charge >= 0.3 is 0 Å². The zero-order valence-corrected chi connectivity index (χ0v) is 19.5. The number of carbonyl (C=O) groups is 1. The summed E-state index contributed by atoms with van der Waals surface area (Å²) in [5.74, 6) is 0.649. The first-order valence-corrected chi connectivity index (χ1v) is 9.82. The summed E-state index contributed by atoms with van der Waals surface area (Å²) >= 11 is 0. The van der Waals surface area contributed by atoms with Crippen LogP contribution in [0, 0.1) is 13.8 Å². The monoisotopic (exact) mass is 418 g/mol. The molecule has 0 spiro atoms. The molecule has 0 saturated heterocycles. The first kappa shape index (κ1) is 25.0. The van der Waals surface area contributed by atoms with Crippen LogP contribution in [0.25, 0.3) is 0 Å². The molecule has 0 heterocycles. The third kappa shape index (κ3) is 7.06. The summed E-state index contributed by atoms with van der Waals surface area (Å²) in [5, 5.41) is 3.01. The van der Waals surface area contributed by atoms with E-state index in [1.54, 1.807) is 0 Å². The van der Waals surface area contributed by atoms with Crippen molar-refractivity contribution in [1.29, 1.82) is 0 Å². The van der Waals surface area contributed by atoms with Gasteiger partial charge in [-0.2, -0.15) is 0 Å². The molecular formula is C24H35ClN2O2. The predicted molar refractivity (Wildman–Crippen MR) is 123 cm³/mol. The number of halogens is 1. The van der Waals surface area contributed by atoms with E-state index in [9.17, 15) is 4.79 Å². The van der Waals surface area contributed by atoms with Gasteiger partial charge < -0.3 is 15.0 Å². The van der Waals surface area contributed by atoms with Gasteiger partial charge in [0.25, 0.3) is 5.91 Å². The standard InChI is InChI=1S/C24H34N2O2.ClH/c1-17-9-8-10-22(18(17)2)28-16-23(27)25-15-21(26(6)7)19-11-13-20(14-12-19)24(3,4)5;/h8-14,21H,15-16H2,1-7H3,(H,25,27);1H. The van der Waals surface area contributed by atoms with Gasteiger partial charge in [-0.15, -0.1) is 12.4 Å². The van der Waals surface area contributed by atoms with E-state index in [1.165, 1.54) is 11.1 Å². The zero-order chi connectivity index (χ0) is 20.9. The van der Waals surface area contributed by atoms with Crippen molar-refractivity contribution >= 4 is 18.3 Å². The van der Waals surface area contributed by atoms with Crippen LogP contribution in [0.2, 0.25) is 0 Å². The molecule has 0 aromatic heterocycles. The number of ether oxygens (including phenoxy) is 1. The number of hydrogen-bond donors (Lipinski definition) is 1. The fourth-order valence-corrected chi connectivity index (χ4v) is 3.09. The van der Waals surface area contributed by atoms with Gasteiger partial charge in [-0.05, 0) is 61.7 Å². The first-order valence-electron chi connectivity index (χ1n) is 9.82. The van der Waals surface area contributed by atoms with Gasteiger partial charge in [0.1, 0.15) is 5.75 Å². The van der Waals surface area contributed by atoms with Crippen LogP contribution in [0.15, 0.2) is 42.5 Å². The van der Waals surface area contributed by atoms with E-state index in [2.05, 4.69) is 55.3 Å². The molecule has 1 amide bonds. The summed E-state index contributed by atoms with van der Waals surface area (Å²) in [5.41, 5.74) is 4.85. The van der Waals surface area contributed by atoms with E-state index in [4.69, 9.17) is 4.74 Å². The van der Waals surface area contributed by atoms with E-state index < -0.39 is 0 Å². The highest BCUT2D eigenvalue weighted by Crippen LogP contribution is 2.25. The fourth-order valence-electron chi connectivity index (χ4n) is 3.09. The van der Waals surface area contributed by atoms with Gasteiger partial charge in [0.15, 0.2) is 6.61 Å². The number of rotatable bonds is 7. The molecule has 0 aliphatic heterocycles. The summed E-state index contributed by atoms with van der Waals surface area (Å²) in [6.45, 7) is 11.2. The Labute approximate surface area is 182 Å². The minimum Gasteiger partial charge on any atom is -0.483 e. The Morgan fingerprint density at radius 1 is 1.07 bits per heavy atom. The van der Waals surface area contributed by atoms with Crippen molar-refractivity contribution in [2.24, 2.45) is 0 Å². The fraction of sp³-hybridized carbons (Fsp3) is 0.458. The molecule has 0 aliphatic carbocycles. The van der Waals surface area contributed by atoms with Crippen molar-refractivity contribution in [3.05, 3.63) is 64.7 Å². The quantitative estimate of drug-likeness (QED) is 0.700. The number of benzene rings is 2. The minimum atomic E-state index is -0.112. The number of nitrogens with one attached hydrogen (secondary N) is 1. The Morgan fingerprint density at radius 3 is 2.24 bits per heavy atom. The van der Waals surface area contributed by atoms with Crippen LogP contribution in [0.1, 0.15) is 49.1 Å². The van der Waals surface area contributed by atoms with Crippen LogP contribution >= 0.6 is 12.4 Å². The lowest BCUT2D eigenvalue weighted by atomic mass is 9.86. The van der Waals surface area contributed by atoms with Gasteiger partial charge in [0.05, 0.1) is 6.04 Å². The van der Waals surface area contributed by atoms with E-state index in [0.29, 0.717) is 6.54 Å². The van der Waals surface area contributed by atoms with Gasteiger partial charge in [0.2, 0.25) is 0 Å². The van der Waals surface area contributed by atoms with Crippen molar-refractivity contribution in [3.63, 3.8) is 0 Å². The lowest BCUT2D eigenvalue weighted by molar-refractivity contribution is -0.123. The number of amides is 1. The smallest absolute Gasteiger partial charge is 0.258 e. The number of carbonyl (C=O) groups excluding carboxylic acids is 1. The third-order valence-corrected chi connectivity index (χ3v) is 5.19. The molecule has 0 aliphatic rings. The summed E-state index contributed by atoms with van der Waals surface area (Å²) < 4.78 is 5.71. The number of likely N-dealkylation sites (N-methyl/N-ethyl adjacent to an activating group) is 1. The molecule has 160 valence electrons. The molecule has 0 fully saturated rings. The maximum atomic E-state index is 12.3. The van der Waals surface area contributed by atoms with E-state index in [0.717, 1.165) is 16.9 Å². The average Bonchev–Trinajstić information content (AvgIpc) is 2.62. The Balaban J connectivity index is 0.00000420. The second-order valence-corrected chi connectivity index (χ2v) is 8.64. The average molecular weight is 419 g/mol. The van der Waals surface area contributed by atoms with Crippen molar-refractivity contribution in [2.45, 2.75) is 46.1 Å². The topological polar surface area (TPSA) is 41.6 Å². The van der Waals surface area contributed by atoms with E-state index in [-0.39, 0.29) is 36.4 Å². The maximum Gasteiger partial charge on any atom is 0.258 e. The van der Waals surface area contributed by atoms with E-state index in [1.807, 2.05) is 46.1 Å². The molecule has 0 radical (unpaired) electrons. The molecule has 5 heteroatoms. The van der Waals surface area contributed by atoms with Gasteiger partial charge in [-0.1, -0.05) is 57.2 Å². The lowest BCUT2D eigenvalue weighted by Gasteiger charge is -2.26. The van der Waals surface area contributed by atoms with Crippen LogP contribution in [-0.2, 0) is 10.2 Å². The zero-order valence-electron chi connectivity index (χ0n) is 18.7. The molecule has 2 aromatic carbocycles. The summed E-state index contributed by atoms with van der Waals surface area (Å²) in [4.78, 5) is 14.4. The Bertz CT molecular complexity index is 796. The van der Waals surface area contributed by atoms with Gasteiger partial charge in [0, 0.05) is 6.54 Å². The van der Waals surface area contributed by atoms with Crippen molar-refractivity contribution in [1.82, 2.24) is 10.2 Å². The van der Waals surface area contributed by atoms with Crippen LogP contribution in [0.5, 0.6) is 5.75 Å². The molecule has 0 saturated carbocycles. The van der Waals surface area contributed by atoms with Crippen molar-refractivity contribution < 1.29 is 9.53 Å². The summed E-state index contributed by atoms with van der Waals surface area (Å²) in [6, 6.07) is 14.7. The van der Waals surface area contributed by atoms with Crippen LogP contribution < -0.4 is 10.1 Å². The highest BCUT2D eigenvalue weighted by Gasteiger charge is 2.18. The largest absolute Gasteiger partial charge is 0.483 e. The normalized spacial score (nSPS) is 12.3. The second-order valence-electron chi connectivity index (χ2n) is 8.64. The molecule has 4 nitrogen and oxygen atoms in total. The molecule has 29 heavy (non-hydrogen) atoms. The Kier molecular flexibility index (Phi) is 9.18. The molecule has 2 rings (SSSR count). The second kappa shape index (κ2) is 10.7. The minimum absolute atomic E-state index is 0. The molecule has 0 bridgehead atoms. The summed E-state index contributed by atoms with van der Waals surface area (Å²) in [6.07, 6.45) is 0. The SMILES string of the molecule is Cc1cccc(OCC(=O)NCC(c2ccc(C(C)(C)C)cc2)N(C)C)c1C.Cl. The molecule has 1 atom stereocenters. The third-order valence-electron chi connectivity index (χ3n) is 5.19. The molecule has 1 N–H and O–H groups in total. The van der Waals surface area contributed by atoms with Gasteiger partial charge in [-0.3, -0.25) is 4.79 Å².